The minimum absolute atomic E-state index is 0.128. The van der Waals surface area contributed by atoms with Gasteiger partial charge in [0.25, 0.3) is 0 Å². The zero-order valence-corrected chi connectivity index (χ0v) is 13.0. The van der Waals surface area contributed by atoms with Crippen molar-refractivity contribution in [3.63, 3.8) is 0 Å². The van der Waals surface area contributed by atoms with Crippen LogP contribution in [0.4, 0.5) is 4.39 Å². The van der Waals surface area contributed by atoms with E-state index in [1.807, 2.05) is 6.92 Å². The Morgan fingerprint density at radius 3 is 2.83 bits per heavy atom. The predicted molar refractivity (Wildman–Crippen MR) is 74.8 cm³/mol. The van der Waals surface area contributed by atoms with Gasteiger partial charge >= 0.3 is 0 Å². The van der Waals surface area contributed by atoms with E-state index in [0.29, 0.717) is 13.1 Å². The second-order valence-electron chi connectivity index (χ2n) is 4.12. The number of halogens is 2. The minimum Gasteiger partial charge on any atom is -0.207 e. The van der Waals surface area contributed by atoms with Crippen LogP contribution in [0.5, 0.6) is 0 Å². The number of benzene rings is 1. The molecule has 0 aromatic heterocycles. The highest BCUT2D eigenvalue weighted by Crippen LogP contribution is 2.29. The summed E-state index contributed by atoms with van der Waals surface area (Å²) in [6.45, 7) is 3.00. The Labute approximate surface area is 119 Å². The lowest BCUT2D eigenvalue weighted by Crippen LogP contribution is -2.41. The van der Waals surface area contributed by atoms with E-state index in [9.17, 15) is 12.8 Å². The second kappa shape index (κ2) is 5.48. The fraction of sp³-hybridized carbons (Fsp3) is 0.455. The Balaban J connectivity index is 2.35. The summed E-state index contributed by atoms with van der Waals surface area (Å²) in [6, 6.07) is 3.65. The Hall–Kier alpha value is -0.110. The van der Waals surface area contributed by atoms with Gasteiger partial charge in [0.05, 0.1) is 4.90 Å². The average molecular weight is 354 g/mol. The first kappa shape index (κ1) is 14.3. The van der Waals surface area contributed by atoms with Crippen molar-refractivity contribution >= 4 is 37.7 Å². The number of nitrogens with zero attached hydrogens (tertiary/aromatic N) is 1. The monoisotopic (exact) mass is 353 g/mol. The van der Waals surface area contributed by atoms with E-state index in [1.54, 1.807) is 11.8 Å². The number of hydrogen-bond acceptors (Lipinski definition) is 3. The lowest BCUT2D eigenvalue weighted by molar-refractivity contribution is 0.424. The highest BCUT2D eigenvalue weighted by Gasteiger charge is 2.30. The molecule has 0 radical (unpaired) electrons. The van der Waals surface area contributed by atoms with Crippen LogP contribution in [-0.4, -0.2) is 36.8 Å². The molecule has 1 saturated heterocycles. The van der Waals surface area contributed by atoms with Gasteiger partial charge in [-0.05, 0) is 34.1 Å². The van der Waals surface area contributed by atoms with Gasteiger partial charge in [-0.25, -0.2) is 12.8 Å². The van der Waals surface area contributed by atoms with Gasteiger partial charge in [0, 0.05) is 28.6 Å². The molecule has 1 aromatic carbocycles. The number of hydrogen-bond donors (Lipinski definition) is 0. The molecule has 0 bridgehead atoms. The van der Waals surface area contributed by atoms with Gasteiger partial charge in [-0.1, -0.05) is 6.92 Å². The van der Waals surface area contributed by atoms with Crippen LogP contribution in [0.2, 0.25) is 0 Å². The SMILES string of the molecule is CC1CN(S(=O)(=O)c2ccc(F)cc2Br)CCS1. The molecule has 2 rings (SSSR count). The fourth-order valence-corrected chi connectivity index (χ4v) is 5.59. The summed E-state index contributed by atoms with van der Waals surface area (Å²) in [6.07, 6.45) is 0. The smallest absolute Gasteiger partial charge is 0.207 e. The molecule has 1 fully saturated rings. The van der Waals surface area contributed by atoms with Crippen LogP contribution in [0.3, 0.4) is 0 Å². The van der Waals surface area contributed by atoms with Crippen LogP contribution in [0.15, 0.2) is 27.6 Å². The van der Waals surface area contributed by atoms with Crippen molar-refractivity contribution in [3.8, 4) is 0 Å². The van der Waals surface area contributed by atoms with Gasteiger partial charge in [0.15, 0.2) is 0 Å². The highest BCUT2D eigenvalue weighted by atomic mass is 79.9. The number of sulfonamides is 1. The fourth-order valence-electron chi connectivity index (χ4n) is 1.83. The molecule has 0 spiro atoms. The summed E-state index contributed by atoms with van der Waals surface area (Å²) < 4.78 is 39.6. The molecule has 0 saturated carbocycles. The maximum Gasteiger partial charge on any atom is 0.244 e. The van der Waals surface area contributed by atoms with Crippen LogP contribution in [0.25, 0.3) is 0 Å². The molecule has 1 unspecified atom stereocenters. The first-order valence-electron chi connectivity index (χ1n) is 5.48. The van der Waals surface area contributed by atoms with E-state index in [1.165, 1.54) is 22.5 Å². The van der Waals surface area contributed by atoms with Crippen molar-refractivity contribution in [1.29, 1.82) is 0 Å². The lowest BCUT2D eigenvalue weighted by atomic mass is 10.3. The summed E-state index contributed by atoms with van der Waals surface area (Å²) in [5.74, 6) is 0.336. The van der Waals surface area contributed by atoms with Crippen LogP contribution in [0, 0.1) is 5.82 Å². The summed E-state index contributed by atoms with van der Waals surface area (Å²) >= 11 is 4.88. The molecule has 1 heterocycles. The van der Waals surface area contributed by atoms with Gasteiger partial charge in [-0.15, -0.1) is 0 Å². The van der Waals surface area contributed by atoms with E-state index in [4.69, 9.17) is 0 Å². The highest BCUT2D eigenvalue weighted by molar-refractivity contribution is 9.10. The molecular weight excluding hydrogens is 341 g/mol. The van der Waals surface area contributed by atoms with Crippen molar-refractivity contribution < 1.29 is 12.8 Å². The molecule has 1 atom stereocenters. The first-order chi connectivity index (χ1) is 8.41. The molecule has 1 aromatic rings. The Morgan fingerprint density at radius 1 is 1.50 bits per heavy atom. The molecule has 0 aliphatic carbocycles. The third-order valence-corrected chi connectivity index (χ3v) is 6.69. The van der Waals surface area contributed by atoms with E-state index < -0.39 is 15.8 Å². The number of rotatable bonds is 2. The molecule has 18 heavy (non-hydrogen) atoms. The third-order valence-electron chi connectivity index (χ3n) is 2.72. The molecule has 0 amide bonds. The summed E-state index contributed by atoms with van der Waals surface area (Å²) in [4.78, 5) is 0.128. The van der Waals surface area contributed by atoms with Gasteiger partial charge in [-0.3, -0.25) is 0 Å². The van der Waals surface area contributed by atoms with E-state index in [-0.39, 0.29) is 14.6 Å². The Bertz CT molecular complexity index is 550. The molecule has 1 aliphatic heterocycles. The van der Waals surface area contributed by atoms with Gasteiger partial charge in [0.2, 0.25) is 10.0 Å². The molecule has 1 aliphatic rings. The molecule has 7 heteroatoms. The summed E-state index contributed by atoms with van der Waals surface area (Å²) in [5.41, 5.74) is 0. The molecule has 100 valence electrons. The average Bonchev–Trinajstić information content (AvgIpc) is 2.28. The van der Waals surface area contributed by atoms with Gasteiger partial charge in [-0.2, -0.15) is 16.1 Å². The summed E-state index contributed by atoms with van der Waals surface area (Å²) in [7, 11) is -3.54. The second-order valence-corrected chi connectivity index (χ2v) is 8.43. The quantitative estimate of drug-likeness (QED) is 0.820. The zero-order valence-electron chi connectivity index (χ0n) is 9.77. The van der Waals surface area contributed by atoms with Crippen LogP contribution in [0.1, 0.15) is 6.92 Å². The molecule has 0 N–H and O–H groups in total. The van der Waals surface area contributed by atoms with Gasteiger partial charge in [0.1, 0.15) is 5.82 Å². The molecule has 3 nitrogen and oxygen atoms in total. The zero-order chi connectivity index (χ0) is 13.3. The van der Waals surface area contributed by atoms with E-state index in [2.05, 4.69) is 15.9 Å². The van der Waals surface area contributed by atoms with Crippen molar-refractivity contribution in [2.75, 3.05) is 18.8 Å². The Morgan fingerprint density at radius 2 is 2.22 bits per heavy atom. The Kier molecular flexibility index (Phi) is 4.36. The van der Waals surface area contributed by atoms with Crippen molar-refractivity contribution in [2.45, 2.75) is 17.1 Å². The summed E-state index contributed by atoms with van der Waals surface area (Å²) in [5, 5.41) is 0.285. The third kappa shape index (κ3) is 2.89. The van der Waals surface area contributed by atoms with Crippen molar-refractivity contribution in [3.05, 3.63) is 28.5 Å². The normalized spacial score (nSPS) is 22.1. The van der Waals surface area contributed by atoms with Gasteiger partial charge < -0.3 is 0 Å². The standard InChI is InChI=1S/C11H13BrFNO2S2/c1-8-7-14(4-5-17-8)18(15,16)11-3-2-9(13)6-10(11)12/h2-3,6,8H,4-5,7H2,1H3. The van der Waals surface area contributed by atoms with Crippen LogP contribution < -0.4 is 0 Å². The lowest BCUT2D eigenvalue weighted by Gasteiger charge is -2.29. The maximum absolute atomic E-state index is 13.0. The van der Waals surface area contributed by atoms with Crippen LogP contribution >= 0.6 is 27.7 Å². The first-order valence-corrected chi connectivity index (χ1v) is 8.76. The maximum atomic E-state index is 13.0. The topological polar surface area (TPSA) is 37.4 Å². The minimum atomic E-state index is -3.54. The van der Waals surface area contributed by atoms with Crippen LogP contribution in [-0.2, 0) is 10.0 Å². The van der Waals surface area contributed by atoms with Crippen molar-refractivity contribution in [1.82, 2.24) is 4.31 Å². The molecular formula is C11H13BrFNO2S2. The van der Waals surface area contributed by atoms with E-state index >= 15 is 0 Å². The number of thioether (sulfide) groups is 1. The largest absolute Gasteiger partial charge is 0.244 e. The van der Waals surface area contributed by atoms with E-state index in [0.717, 1.165) is 5.75 Å². The predicted octanol–water partition coefficient (Wildman–Crippen LogP) is 2.71. The van der Waals surface area contributed by atoms with Crippen molar-refractivity contribution in [2.24, 2.45) is 0 Å².